The van der Waals surface area contributed by atoms with Crippen molar-refractivity contribution in [1.29, 1.82) is 0 Å². The summed E-state index contributed by atoms with van der Waals surface area (Å²) in [5.41, 5.74) is 1.92. The van der Waals surface area contributed by atoms with E-state index in [0.29, 0.717) is 6.61 Å². The third kappa shape index (κ3) is 2.10. The van der Waals surface area contributed by atoms with E-state index >= 15 is 0 Å². The molecular weight excluding hydrogens is 214 g/mol. The molecule has 3 rings (SSSR count). The van der Waals surface area contributed by atoms with Crippen LogP contribution in [0, 0.1) is 0 Å². The van der Waals surface area contributed by atoms with Gasteiger partial charge in [0.1, 0.15) is 12.4 Å². The van der Waals surface area contributed by atoms with Gasteiger partial charge in [0.15, 0.2) is 5.65 Å². The van der Waals surface area contributed by atoms with Crippen LogP contribution in [0.2, 0.25) is 0 Å². The summed E-state index contributed by atoms with van der Waals surface area (Å²) in [7, 11) is 0. The summed E-state index contributed by atoms with van der Waals surface area (Å²) in [6.07, 6.45) is 5.21. The van der Waals surface area contributed by atoms with Crippen LogP contribution >= 0.6 is 0 Å². The molecule has 0 aliphatic heterocycles. The van der Waals surface area contributed by atoms with E-state index in [1.807, 2.05) is 36.4 Å². The van der Waals surface area contributed by atoms with Crippen molar-refractivity contribution in [1.82, 2.24) is 14.6 Å². The van der Waals surface area contributed by atoms with Crippen LogP contribution in [0.1, 0.15) is 5.56 Å². The van der Waals surface area contributed by atoms with Crippen molar-refractivity contribution in [2.24, 2.45) is 0 Å². The lowest BCUT2D eigenvalue weighted by molar-refractivity contribution is 0.304. The molecular formula is C13H11N3O. The van der Waals surface area contributed by atoms with E-state index in [-0.39, 0.29) is 0 Å². The molecule has 3 aromatic rings. The summed E-state index contributed by atoms with van der Waals surface area (Å²) in [6.45, 7) is 0.541. The molecule has 2 aromatic heterocycles. The molecule has 0 bridgehead atoms. The van der Waals surface area contributed by atoms with Crippen LogP contribution in [0.3, 0.4) is 0 Å². The van der Waals surface area contributed by atoms with Crippen LogP contribution in [0.25, 0.3) is 5.65 Å². The Bertz CT molecular complexity index is 619. The first-order valence-electron chi connectivity index (χ1n) is 5.38. The molecule has 0 saturated heterocycles. The summed E-state index contributed by atoms with van der Waals surface area (Å²) in [5.74, 6) is 0.729. The highest BCUT2D eigenvalue weighted by molar-refractivity contribution is 5.41. The van der Waals surface area contributed by atoms with Crippen LogP contribution in [-0.2, 0) is 6.61 Å². The molecule has 84 valence electrons. The van der Waals surface area contributed by atoms with Crippen molar-refractivity contribution in [2.75, 3.05) is 0 Å². The Balaban J connectivity index is 1.76. The summed E-state index contributed by atoms with van der Waals surface area (Å²) >= 11 is 0. The lowest BCUT2D eigenvalue weighted by atomic mass is 10.2. The molecule has 1 aromatic carbocycles. The smallest absolute Gasteiger partial charge is 0.157 e. The molecule has 0 atom stereocenters. The fourth-order valence-corrected chi connectivity index (χ4v) is 1.61. The third-order valence-electron chi connectivity index (χ3n) is 2.48. The van der Waals surface area contributed by atoms with Crippen molar-refractivity contribution in [3.63, 3.8) is 0 Å². The Kier molecular flexibility index (Phi) is 2.46. The highest BCUT2D eigenvalue weighted by atomic mass is 16.5. The summed E-state index contributed by atoms with van der Waals surface area (Å²) in [4.78, 5) is 4.15. The lowest BCUT2D eigenvalue weighted by Gasteiger charge is -2.05. The van der Waals surface area contributed by atoms with Gasteiger partial charge in [0.25, 0.3) is 0 Å². The Morgan fingerprint density at radius 2 is 2.06 bits per heavy atom. The maximum absolute atomic E-state index is 5.65. The maximum Gasteiger partial charge on any atom is 0.157 e. The molecule has 17 heavy (non-hydrogen) atoms. The summed E-state index contributed by atoms with van der Waals surface area (Å²) in [6, 6.07) is 11.9. The van der Waals surface area contributed by atoms with Gasteiger partial charge in [0.2, 0.25) is 0 Å². The third-order valence-corrected chi connectivity index (χ3v) is 2.48. The van der Waals surface area contributed by atoms with E-state index in [0.717, 1.165) is 17.0 Å². The van der Waals surface area contributed by atoms with Gasteiger partial charge >= 0.3 is 0 Å². The molecule has 4 nitrogen and oxygen atoms in total. The standard InChI is InChI=1S/C13H11N3O/c1-2-4-11(5-3-1)10-17-12-8-13-14-6-7-16(13)15-9-12/h1-9H,10H2. The van der Waals surface area contributed by atoms with Crippen molar-refractivity contribution >= 4 is 5.65 Å². The molecule has 0 unspecified atom stereocenters. The van der Waals surface area contributed by atoms with Gasteiger partial charge in [-0.25, -0.2) is 9.50 Å². The quantitative estimate of drug-likeness (QED) is 0.686. The van der Waals surface area contributed by atoms with Crippen LogP contribution in [0.4, 0.5) is 0 Å². The van der Waals surface area contributed by atoms with Crippen molar-refractivity contribution < 1.29 is 4.74 Å². The first-order chi connectivity index (χ1) is 8.42. The van der Waals surface area contributed by atoms with Gasteiger partial charge in [-0.15, -0.1) is 0 Å². The minimum atomic E-state index is 0.541. The number of imidazole rings is 1. The number of hydrogen-bond acceptors (Lipinski definition) is 3. The highest BCUT2D eigenvalue weighted by Gasteiger charge is 1.99. The first kappa shape index (κ1) is 9.84. The molecule has 4 heteroatoms. The molecule has 0 spiro atoms. The highest BCUT2D eigenvalue weighted by Crippen LogP contribution is 2.13. The fourth-order valence-electron chi connectivity index (χ4n) is 1.61. The second-order valence-electron chi connectivity index (χ2n) is 3.70. The Labute approximate surface area is 98.5 Å². The Hall–Kier alpha value is -2.36. The number of aromatic nitrogens is 3. The average molecular weight is 225 g/mol. The van der Waals surface area contributed by atoms with E-state index in [2.05, 4.69) is 10.1 Å². The van der Waals surface area contributed by atoms with Gasteiger partial charge < -0.3 is 4.74 Å². The number of ether oxygens (including phenoxy) is 1. The number of benzene rings is 1. The van der Waals surface area contributed by atoms with Crippen LogP contribution < -0.4 is 4.74 Å². The van der Waals surface area contributed by atoms with E-state index < -0.39 is 0 Å². The van der Waals surface area contributed by atoms with Crippen LogP contribution in [0.5, 0.6) is 5.75 Å². The van der Waals surface area contributed by atoms with E-state index in [9.17, 15) is 0 Å². The predicted octanol–water partition coefficient (Wildman–Crippen LogP) is 2.31. The molecule has 0 aliphatic rings. The van der Waals surface area contributed by atoms with Crippen molar-refractivity contribution in [3.05, 3.63) is 60.6 Å². The zero-order valence-corrected chi connectivity index (χ0v) is 9.15. The van der Waals surface area contributed by atoms with Gasteiger partial charge in [-0.1, -0.05) is 30.3 Å². The molecule has 0 radical (unpaired) electrons. The number of hydrogen-bond donors (Lipinski definition) is 0. The minimum Gasteiger partial charge on any atom is -0.487 e. The fraction of sp³-hybridized carbons (Fsp3) is 0.0769. The zero-order valence-electron chi connectivity index (χ0n) is 9.15. The van der Waals surface area contributed by atoms with E-state index in [1.54, 1.807) is 23.1 Å². The Morgan fingerprint density at radius 1 is 1.18 bits per heavy atom. The topological polar surface area (TPSA) is 39.4 Å². The Morgan fingerprint density at radius 3 is 2.94 bits per heavy atom. The van der Waals surface area contributed by atoms with Crippen molar-refractivity contribution in [2.45, 2.75) is 6.61 Å². The summed E-state index contributed by atoms with van der Waals surface area (Å²) < 4.78 is 7.36. The van der Waals surface area contributed by atoms with Gasteiger partial charge in [-0.2, -0.15) is 5.10 Å². The van der Waals surface area contributed by atoms with E-state index in [4.69, 9.17) is 4.74 Å². The van der Waals surface area contributed by atoms with Gasteiger partial charge in [0.05, 0.1) is 6.20 Å². The number of nitrogens with zero attached hydrogens (tertiary/aromatic N) is 3. The molecule has 0 fully saturated rings. The largest absolute Gasteiger partial charge is 0.487 e. The van der Waals surface area contributed by atoms with Crippen LogP contribution in [0.15, 0.2) is 55.0 Å². The zero-order chi connectivity index (χ0) is 11.5. The number of rotatable bonds is 3. The maximum atomic E-state index is 5.65. The second kappa shape index (κ2) is 4.25. The first-order valence-corrected chi connectivity index (χ1v) is 5.38. The van der Waals surface area contributed by atoms with E-state index in [1.165, 1.54) is 0 Å². The monoisotopic (exact) mass is 225 g/mol. The molecule has 0 aliphatic carbocycles. The second-order valence-corrected chi connectivity index (χ2v) is 3.70. The van der Waals surface area contributed by atoms with Crippen LogP contribution in [-0.4, -0.2) is 14.6 Å². The molecule has 0 amide bonds. The molecule has 0 N–H and O–H groups in total. The lowest BCUT2D eigenvalue weighted by Crippen LogP contribution is -1.97. The van der Waals surface area contributed by atoms with Crippen molar-refractivity contribution in [3.8, 4) is 5.75 Å². The summed E-state index contributed by atoms with van der Waals surface area (Å²) in [5, 5.41) is 4.18. The number of fused-ring (bicyclic) bond motifs is 1. The molecule has 2 heterocycles. The van der Waals surface area contributed by atoms with Gasteiger partial charge in [0, 0.05) is 18.5 Å². The predicted molar refractivity (Wildman–Crippen MR) is 63.8 cm³/mol. The van der Waals surface area contributed by atoms with Gasteiger partial charge in [-0.05, 0) is 5.56 Å². The molecule has 0 saturated carbocycles. The minimum absolute atomic E-state index is 0.541. The SMILES string of the molecule is c1ccc(COc2cnn3ccnc3c2)cc1. The normalized spacial score (nSPS) is 10.6. The average Bonchev–Trinajstić information content (AvgIpc) is 2.85. The van der Waals surface area contributed by atoms with Gasteiger partial charge in [-0.3, -0.25) is 0 Å².